The van der Waals surface area contributed by atoms with Crippen molar-refractivity contribution in [2.24, 2.45) is 5.73 Å². The van der Waals surface area contributed by atoms with Crippen LogP contribution >= 0.6 is 0 Å². The minimum atomic E-state index is -0.253. The summed E-state index contributed by atoms with van der Waals surface area (Å²) >= 11 is 0. The zero-order valence-corrected chi connectivity index (χ0v) is 11.3. The molecule has 0 atom stereocenters. The van der Waals surface area contributed by atoms with Crippen LogP contribution in [0.2, 0.25) is 0 Å². The van der Waals surface area contributed by atoms with E-state index in [2.05, 4.69) is 4.90 Å². The van der Waals surface area contributed by atoms with Gasteiger partial charge in [-0.3, -0.25) is 0 Å². The second kappa shape index (κ2) is 6.87. The number of nitrogens with zero attached hydrogens (tertiary/aromatic N) is 1. The summed E-state index contributed by atoms with van der Waals surface area (Å²) in [6.07, 6.45) is 6.02. The number of benzene rings is 1. The molecule has 106 valence electrons. The number of nitrogens with two attached hydrogens (primary N) is 1. The average Bonchev–Trinajstić information content (AvgIpc) is 2.46. The fraction of sp³-hybridized carbons (Fsp3) is 0.600. The Kier molecular flexibility index (Phi) is 5.16. The molecule has 1 aromatic rings. The first-order chi connectivity index (χ1) is 9.26. The highest BCUT2D eigenvalue weighted by atomic mass is 19.1. The van der Waals surface area contributed by atoms with E-state index >= 15 is 0 Å². The Morgan fingerprint density at radius 3 is 2.63 bits per heavy atom. The van der Waals surface area contributed by atoms with E-state index in [0.29, 0.717) is 19.1 Å². The Bertz CT molecular complexity index is 405. The molecule has 3 N–H and O–H groups in total. The van der Waals surface area contributed by atoms with E-state index in [9.17, 15) is 9.50 Å². The molecule has 0 bridgehead atoms. The second-order valence-electron chi connectivity index (χ2n) is 5.19. The van der Waals surface area contributed by atoms with Crippen LogP contribution in [0.15, 0.2) is 18.2 Å². The molecule has 1 aromatic carbocycles. The predicted molar refractivity (Wildman–Crippen MR) is 75.6 cm³/mol. The lowest BCUT2D eigenvalue weighted by Crippen LogP contribution is -2.39. The highest BCUT2D eigenvalue weighted by molar-refractivity contribution is 5.54. The summed E-state index contributed by atoms with van der Waals surface area (Å²) in [7, 11) is 0. The fourth-order valence-corrected chi connectivity index (χ4v) is 3.00. The maximum Gasteiger partial charge on any atom is 0.123 e. The monoisotopic (exact) mass is 266 g/mol. The molecule has 1 aliphatic rings. The minimum Gasteiger partial charge on any atom is -0.395 e. The van der Waals surface area contributed by atoms with Crippen molar-refractivity contribution in [2.45, 2.75) is 44.7 Å². The molecule has 0 heterocycles. The molecule has 0 amide bonds. The van der Waals surface area contributed by atoms with Gasteiger partial charge in [-0.05, 0) is 36.6 Å². The molecule has 19 heavy (non-hydrogen) atoms. The molecule has 4 heteroatoms. The van der Waals surface area contributed by atoms with Gasteiger partial charge in [0, 0.05) is 24.8 Å². The number of hydrogen-bond acceptors (Lipinski definition) is 3. The number of halogens is 1. The summed E-state index contributed by atoms with van der Waals surface area (Å²) in [5.41, 5.74) is 7.52. The van der Waals surface area contributed by atoms with E-state index in [1.54, 1.807) is 6.07 Å². The van der Waals surface area contributed by atoms with E-state index < -0.39 is 0 Å². The molecular weight excluding hydrogens is 243 g/mol. The average molecular weight is 266 g/mol. The van der Waals surface area contributed by atoms with Crippen LogP contribution in [0, 0.1) is 5.82 Å². The first kappa shape index (κ1) is 14.3. The molecule has 1 aliphatic carbocycles. The van der Waals surface area contributed by atoms with Crippen LogP contribution in [0.1, 0.15) is 37.7 Å². The van der Waals surface area contributed by atoms with Crippen molar-refractivity contribution in [1.29, 1.82) is 0 Å². The van der Waals surface area contributed by atoms with Gasteiger partial charge in [-0.15, -0.1) is 0 Å². The Labute approximate surface area is 114 Å². The lowest BCUT2D eigenvalue weighted by atomic mass is 9.93. The highest BCUT2D eigenvalue weighted by Crippen LogP contribution is 2.29. The van der Waals surface area contributed by atoms with E-state index in [1.165, 1.54) is 31.4 Å². The van der Waals surface area contributed by atoms with Gasteiger partial charge in [0.15, 0.2) is 0 Å². The van der Waals surface area contributed by atoms with Crippen molar-refractivity contribution in [3.05, 3.63) is 29.6 Å². The van der Waals surface area contributed by atoms with Gasteiger partial charge in [0.2, 0.25) is 0 Å². The van der Waals surface area contributed by atoms with Crippen LogP contribution in [0.5, 0.6) is 0 Å². The normalized spacial score (nSPS) is 16.6. The highest BCUT2D eigenvalue weighted by Gasteiger charge is 2.22. The zero-order chi connectivity index (χ0) is 13.7. The minimum absolute atomic E-state index is 0.109. The molecule has 0 aliphatic heterocycles. The molecule has 0 saturated heterocycles. The van der Waals surface area contributed by atoms with E-state index in [-0.39, 0.29) is 12.4 Å². The maximum absolute atomic E-state index is 13.3. The van der Waals surface area contributed by atoms with Crippen LogP contribution in [-0.2, 0) is 6.54 Å². The lowest BCUT2D eigenvalue weighted by Gasteiger charge is -2.37. The fourth-order valence-electron chi connectivity index (χ4n) is 3.00. The third-order valence-corrected chi connectivity index (χ3v) is 3.93. The van der Waals surface area contributed by atoms with Crippen molar-refractivity contribution in [3.63, 3.8) is 0 Å². The Morgan fingerprint density at radius 1 is 1.26 bits per heavy atom. The first-order valence-corrected chi connectivity index (χ1v) is 7.12. The van der Waals surface area contributed by atoms with E-state index in [4.69, 9.17) is 5.73 Å². The second-order valence-corrected chi connectivity index (χ2v) is 5.19. The van der Waals surface area contributed by atoms with Crippen LogP contribution in [0.4, 0.5) is 10.1 Å². The van der Waals surface area contributed by atoms with E-state index in [1.807, 2.05) is 0 Å². The molecular formula is C15H23FN2O. The number of anilines is 1. The van der Waals surface area contributed by atoms with E-state index in [0.717, 1.165) is 24.1 Å². The summed E-state index contributed by atoms with van der Waals surface area (Å²) in [5, 5.41) is 9.30. The van der Waals surface area contributed by atoms with Crippen LogP contribution in [0.25, 0.3) is 0 Å². The summed E-state index contributed by atoms with van der Waals surface area (Å²) < 4.78 is 13.3. The van der Waals surface area contributed by atoms with Crippen molar-refractivity contribution < 1.29 is 9.50 Å². The molecule has 0 spiro atoms. The molecule has 3 nitrogen and oxygen atoms in total. The summed E-state index contributed by atoms with van der Waals surface area (Å²) in [6, 6.07) is 5.21. The molecule has 0 unspecified atom stereocenters. The molecule has 1 saturated carbocycles. The first-order valence-electron chi connectivity index (χ1n) is 7.12. The maximum atomic E-state index is 13.3. The third-order valence-electron chi connectivity index (χ3n) is 3.93. The van der Waals surface area contributed by atoms with Gasteiger partial charge in [0.1, 0.15) is 5.82 Å². The van der Waals surface area contributed by atoms with Crippen molar-refractivity contribution in [3.8, 4) is 0 Å². The zero-order valence-electron chi connectivity index (χ0n) is 11.3. The standard InChI is InChI=1S/C15H23FN2O/c16-13-6-7-15(12(10-13)11-17)18(8-9-19)14-4-2-1-3-5-14/h6-7,10,14,19H,1-5,8-9,11,17H2. The van der Waals surface area contributed by atoms with Gasteiger partial charge in [-0.2, -0.15) is 0 Å². The molecule has 0 aromatic heterocycles. The van der Waals surface area contributed by atoms with Gasteiger partial charge in [0.25, 0.3) is 0 Å². The Hall–Kier alpha value is -1.13. The summed E-state index contributed by atoms with van der Waals surface area (Å²) in [4.78, 5) is 2.21. The number of hydrogen-bond donors (Lipinski definition) is 2. The third kappa shape index (κ3) is 3.45. The summed E-state index contributed by atoms with van der Waals surface area (Å²) in [6.45, 7) is 1.02. The van der Waals surface area contributed by atoms with Crippen LogP contribution in [-0.4, -0.2) is 24.3 Å². The number of rotatable bonds is 5. The van der Waals surface area contributed by atoms with Crippen molar-refractivity contribution >= 4 is 5.69 Å². The molecule has 0 radical (unpaired) electrons. The molecule has 2 rings (SSSR count). The van der Waals surface area contributed by atoms with Gasteiger partial charge < -0.3 is 15.7 Å². The van der Waals surface area contributed by atoms with Gasteiger partial charge in [-0.25, -0.2) is 4.39 Å². The predicted octanol–water partition coefficient (Wildman–Crippen LogP) is 2.42. The van der Waals surface area contributed by atoms with Crippen molar-refractivity contribution in [1.82, 2.24) is 0 Å². The van der Waals surface area contributed by atoms with Crippen LogP contribution in [0.3, 0.4) is 0 Å². The summed E-state index contributed by atoms with van der Waals surface area (Å²) in [5.74, 6) is -0.253. The van der Waals surface area contributed by atoms with Gasteiger partial charge in [-0.1, -0.05) is 19.3 Å². The Balaban J connectivity index is 2.26. The van der Waals surface area contributed by atoms with Crippen LogP contribution < -0.4 is 10.6 Å². The number of aliphatic hydroxyl groups is 1. The van der Waals surface area contributed by atoms with Gasteiger partial charge >= 0.3 is 0 Å². The number of aliphatic hydroxyl groups excluding tert-OH is 1. The Morgan fingerprint density at radius 2 is 2.00 bits per heavy atom. The topological polar surface area (TPSA) is 49.5 Å². The SMILES string of the molecule is NCc1cc(F)ccc1N(CCO)C1CCCCC1. The quantitative estimate of drug-likeness (QED) is 0.860. The largest absolute Gasteiger partial charge is 0.395 e. The molecule has 1 fully saturated rings. The van der Waals surface area contributed by atoms with Crippen molar-refractivity contribution in [2.75, 3.05) is 18.1 Å². The lowest BCUT2D eigenvalue weighted by molar-refractivity contribution is 0.290. The smallest absolute Gasteiger partial charge is 0.123 e. The van der Waals surface area contributed by atoms with Gasteiger partial charge in [0.05, 0.1) is 6.61 Å².